The molecular formula is C20H21Cl2Zr. The molecule has 0 bridgehead atoms. The first-order valence-corrected chi connectivity index (χ1v) is 15.9. The predicted molar refractivity (Wildman–Crippen MR) is 98.7 cm³/mol. The van der Waals surface area contributed by atoms with Gasteiger partial charge in [0.05, 0.1) is 0 Å². The molecular weight excluding hydrogens is 402 g/mol. The number of rotatable bonds is 4. The van der Waals surface area contributed by atoms with Crippen molar-refractivity contribution in [2.75, 3.05) is 0 Å². The minimum absolute atomic E-state index is 0.315. The van der Waals surface area contributed by atoms with Crippen molar-refractivity contribution < 1.29 is 19.4 Å². The van der Waals surface area contributed by atoms with Crippen LogP contribution in [0.3, 0.4) is 0 Å². The first-order chi connectivity index (χ1) is 11.0. The van der Waals surface area contributed by atoms with Crippen LogP contribution < -0.4 is 0 Å². The van der Waals surface area contributed by atoms with E-state index < -0.39 is 19.4 Å². The molecule has 1 aliphatic rings. The summed E-state index contributed by atoms with van der Waals surface area (Å²) in [7, 11) is 12.9. The first kappa shape index (κ1) is 17.5. The van der Waals surface area contributed by atoms with Gasteiger partial charge in [0, 0.05) is 0 Å². The van der Waals surface area contributed by atoms with Gasteiger partial charge in [-0.15, -0.1) is 0 Å². The van der Waals surface area contributed by atoms with Crippen LogP contribution in [0.15, 0.2) is 48.0 Å². The third kappa shape index (κ3) is 3.39. The molecule has 1 unspecified atom stereocenters. The maximum atomic E-state index is 6.46. The molecule has 0 amide bonds. The summed E-state index contributed by atoms with van der Waals surface area (Å²) in [6, 6.07) is 15.5. The van der Waals surface area contributed by atoms with Crippen LogP contribution in [0, 0.1) is 0 Å². The number of fused-ring (bicyclic) bond motifs is 1. The van der Waals surface area contributed by atoms with Crippen LogP contribution in [0.5, 0.6) is 0 Å². The second kappa shape index (κ2) is 7.26. The van der Waals surface area contributed by atoms with E-state index in [2.05, 4.69) is 69.3 Å². The Morgan fingerprint density at radius 3 is 2.30 bits per heavy atom. The predicted octanol–water partition coefficient (Wildman–Crippen LogP) is 7.25. The number of hydrogen-bond acceptors (Lipinski definition) is 0. The van der Waals surface area contributed by atoms with E-state index in [9.17, 15) is 0 Å². The molecule has 3 rings (SSSR count). The van der Waals surface area contributed by atoms with E-state index >= 15 is 0 Å². The molecule has 0 saturated heterocycles. The summed E-state index contributed by atoms with van der Waals surface area (Å²) in [6.45, 7) is 6.65. The molecule has 0 N–H and O–H groups in total. The Morgan fingerprint density at radius 2 is 1.74 bits per heavy atom. The van der Waals surface area contributed by atoms with E-state index in [4.69, 9.17) is 17.0 Å². The molecule has 0 aliphatic heterocycles. The summed E-state index contributed by atoms with van der Waals surface area (Å²) in [5, 5.41) is 0. The summed E-state index contributed by atoms with van der Waals surface area (Å²) in [5.74, 6) is 0.559. The first-order valence-electron chi connectivity index (χ1n) is 8.14. The van der Waals surface area contributed by atoms with Crippen LogP contribution in [0.4, 0.5) is 0 Å². The molecule has 119 valence electrons. The summed E-state index contributed by atoms with van der Waals surface area (Å²) in [4.78, 5) is 0. The zero-order valence-electron chi connectivity index (χ0n) is 13.7. The Bertz CT molecular complexity index is 730. The van der Waals surface area contributed by atoms with Crippen molar-refractivity contribution >= 4 is 23.1 Å². The molecule has 0 aromatic heterocycles. The Hall–Kier alpha value is -0.357. The van der Waals surface area contributed by atoms with E-state index in [1.165, 1.54) is 33.4 Å². The monoisotopic (exact) mass is 421 g/mol. The molecule has 0 nitrogen and oxygen atoms in total. The van der Waals surface area contributed by atoms with Gasteiger partial charge in [0.15, 0.2) is 0 Å². The van der Waals surface area contributed by atoms with Gasteiger partial charge in [-0.25, -0.2) is 0 Å². The maximum absolute atomic E-state index is 6.46. The van der Waals surface area contributed by atoms with Crippen molar-refractivity contribution in [3.05, 3.63) is 64.7 Å². The van der Waals surface area contributed by atoms with Crippen molar-refractivity contribution in [2.24, 2.45) is 0 Å². The van der Waals surface area contributed by atoms with E-state index in [1.54, 1.807) is 0 Å². The van der Waals surface area contributed by atoms with Crippen LogP contribution in [-0.2, 0) is 19.4 Å². The van der Waals surface area contributed by atoms with E-state index in [0.29, 0.717) is 9.54 Å². The fourth-order valence-corrected chi connectivity index (χ4v) is 8.97. The van der Waals surface area contributed by atoms with Gasteiger partial charge in [-0.1, -0.05) is 0 Å². The van der Waals surface area contributed by atoms with Crippen molar-refractivity contribution in [3.63, 3.8) is 0 Å². The van der Waals surface area contributed by atoms with Crippen LogP contribution in [0.2, 0.25) is 0 Å². The van der Waals surface area contributed by atoms with Crippen LogP contribution in [-0.4, -0.2) is 0 Å². The minimum atomic E-state index is -2.38. The van der Waals surface area contributed by atoms with Gasteiger partial charge in [0.1, 0.15) is 0 Å². The topological polar surface area (TPSA) is 0 Å². The average molecular weight is 424 g/mol. The molecule has 1 atom stereocenters. The molecule has 23 heavy (non-hydrogen) atoms. The van der Waals surface area contributed by atoms with Gasteiger partial charge in [0.25, 0.3) is 0 Å². The van der Waals surface area contributed by atoms with Crippen molar-refractivity contribution in [1.82, 2.24) is 0 Å². The quantitative estimate of drug-likeness (QED) is 0.486. The second-order valence-electron chi connectivity index (χ2n) is 6.38. The van der Waals surface area contributed by atoms with Gasteiger partial charge in [-0.2, -0.15) is 0 Å². The van der Waals surface area contributed by atoms with Crippen molar-refractivity contribution in [2.45, 2.75) is 36.7 Å². The Kier molecular flexibility index (Phi) is 5.51. The van der Waals surface area contributed by atoms with Crippen molar-refractivity contribution in [1.29, 1.82) is 0 Å². The molecule has 2 aromatic carbocycles. The van der Waals surface area contributed by atoms with Crippen molar-refractivity contribution in [3.8, 4) is 11.1 Å². The third-order valence-electron chi connectivity index (χ3n) is 4.67. The Morgan fingerprint density at radius 1 is 1.04 bits per heavy atom. The van der Waals surface area contributed by atoms with Crippen LogP contribution in [0.1, 0.15) is 53.4 Å². The molecule has 0 saturated carbocycles. The third-order valence-corrected chi connectivity index (χ3v) is 10.00. The fourth-order valence-electron chi connectivity index (χ4n) is 3.33. The number of benzene rings is 2. The molecule has 1 aliphatic carbocycles. The summed E-state index contributed by atoms with van der Waals surface area (Å²) in [6.07, 6.45) is 3.35. The molecule has 0 radical (unpaired) electrons. The summed E-state index contributed by atoms with van der Waals surface area (Å²) < 4.78 is 0.315. The fraction of sp³-hybridized carbons (Fsp3) is 0.300. The van der Waals surface area contributed by atoms with Gasteiger partial charge >= 0.3 is 155 Å². The summed E-state index contributed by atoms with van der Waals surface area (Å²) >= 11 is -2.38. The number of allylic oxidation sites excluding steroid dienone is 1. The van der Waals surface area contributed by atoms with Gasteiger partial charge < -0.3 is 0 Å². The summed E-state index contributed by atoms with van der Waals surface area (Å²) in [5.41, 5.74) is 8.02. The molecule has 3 heteroatoms. The van der Waals surface area contributed by atoms with Crippen LogP contribution >= 0.6 is 17.0 Å². The SMILES string of the molecule is CCC1=Cc2c(-c3ccc(C(C)C)cc3)cccc2[CH]1[Zr]([Cl])[Cl]. The van der Waals surface area contributed by atoms with E-state index in [1.807, 2.05) is 0 Å². The Balaban J connectivity index is 2.08. The van der Waals surface area contributed by atoms with Gasteiger partial charge in [-0.3, -0.25) is 0 Å². The van der Waals surface area contributed by atoms with Crippen LogP contribution in [0.25, 0.3) is 17.2 Å². The molecule has 0 heterocycles. The molecule has 0 spiro atoms. The van der Waals surface area contributed by atoms with Gasteiger partial charge in [-0.05, 0) is 0 Å². The van der Waals surface area contributed by atoms with E-state index in [-0.39, 0.29) is 0 Å². The molecule has 2 aromatic rings. The number of hydrogen-bond donors (Lipinski definition) is 0. The zero-order valence-corrected chi connectivity index (χ0v) is 17.7. The van der Waals surface area contributed by atoms with Gasteiger partial charge in [0.2, 0.25) is 0 Å². The Labute approximate surface area is 154 Å². The zero-order chi connectivity index (χ0) is 16.6. The normalized spacial score (nSPS) is 16.4. The average Bonchev–Trinajstić information content (AvgIpc) is 2.93. The second-order valence-corrected chi connectivity index (χ2v) is 15.2. The molecule has 0 fully saturated rings. The van der Waals surface area contributed by atoms with E-state index in [0.717, 1.165) is 6.42 Å². The standard InChI is InChI=1S/C20H21.2ClH.Zr/c1-4-15-12-18-6-5-7-19(20(18)13-15)17-10-8-16(9-11-17)14(2)3;;;/h5-14H,4H2,1-3H3;2*1H;/q;;;+2/p-2. The number of halogens is 2.